The molecule has 3 rings (SSSR count). The van der Waals surface area contributed by atoms with E-state index < -0.39 is 0 Å². The van der Waals surface area contributed by atoms with E-state index in [0.717, 1.165) is 36.6 Å². The molecule has 0 bridgehead atoms. The minimum absolute atomic E-state index is 0.205. The van der Waals surface area contributed by atoms with Crippen LogP contribution in [0.5, 0.6) is 0 Å². The van der Waals surface area contributed by atoms with Crippen LogP contribution in [0.4, 0.5) is 5.69 Å². The first kappa shape index (κ1) is 17.5. The van der Waals surface area contributed by atoms with Gasteiger partial charge in [0.2, 0.25) is 5.91 Å². The first-order valence-electron chi connectivity index (χ1n) is 8.86. The number of aromatic nitrogens is 3. The van der Waals surface area contributed by atoms with Crippen LogP contribution in [0.15, 0.2) is 24.4 Å². The van der Waals surface area contributed by atoms with E-state index in [4.69, 9.17) is 4.98 Å². The number of hydrogen-bond acceptors (Lipinski definition) is 4. The first-order chi connectivity index (χ1) is 11.9. The Morgan fingerprint density at radius 2 is 2.08 bits per heavy atom. The summed E-state index contributed by atoms with van der Waals surface area (Å²) in [6, 6.07) is 6.20. The Bertz CT molecular complexity index is 752. The van der Waals surface area contributed by atoms with Crippen LogP contribution in [-0.2, 0) is 11.3 Å². The van der Waals surface area contributed by atoms with Crippen molar-refractivity contribution in [1.82, 2.24) is 19.7 Å². The summed E-state index contributed by atoms with van der Waals surface area (Å²) < 4.78 is 1.84. The van der Waals surface area contributed by atoms with Gasteiger partial charge >= 0.3 is 0 Å². The Kier molecular flexibility index (Phi) is 5.06. The van der Waals surface area contributed by atoms with Gasteiger partial charge in [0, 0.05) is 69.3 Å². The van der Waals surface area contributed by atoms with E-state index in [1.165, 1.54) is 5.69 Å². The van der Waals surface area contributed by atoms with Crippen LogP contribution < -0.4 is 4.90 Å². The molecule has 6 nitrogen and oxygen atoms in total. The Morgan fingerprint density at radius 3 is 2.76 bits per heavy atom. The fourth-order valence-electron chi connectivity index (χ4n) is 3.33. The van der Waals surface area contributed by atoms with Crippen LogP contribution in [0.3, 0.4) is 0 Å². The highest BCUT2D eigenvalue weighted by molar-refractivity contribution is 5.76. The van der Waals surface area contributed by atoms with E-state index in [1.807, 2.05) is 49.8 Å². The molecule has 2 aromatic rings. The van der Waals surface area contributed by atoms with Crippen molar-refractivity contribution in [2.24, 2.45) is 0 Å². The second-order valence-electron chi connectivity index (χ2n) is 7.08. The van der Waals surface area contributed by atoms with E-state index in [1.54, 1.807) is 0 Å². The highest BCUT2D eigenvalue weighted by Crippen LogP contribution is 2.29. The summed E-state index contributed by atoms with van der Waals surface area (Å²) in [6.45, 7) is 6.21. The lowest BCUT2D eigenvalue weighted by molar-refractivity contribution is -0.130. The summed E-state index contributed by atoms with van der Waals surface area (Å²) in [4.78, 5) is 21.3. The average molecular weight is 341 g/mol. The average Bonchev–Trinajstić information content (AvgIpc) is 3.21. The highest BCUT2D eigenvalue weighted by Gasteiger charge is 2.28. The Morgan fingerprint density at radius 1 is 1.28 bits per heavy atom. The van der Waals surface area contributed by atoms with Crippen molar-refractivity contribution < 1.29 is 4.79 Å². The van der Waals surface area contributed by atoms with Crippen LogP contribution in [-0.4, -0.2) is 52.8 Å². The Balaban J connectivity index is 1.60. The van der Waals surface area contributed by atoms with Crippen molar-refractivity contribution in [2.75, 3.05) is 32.1 Å². The van der Waals surface area contributed by atoms with Crippen molar-refractivity contribution in [1.29, 1.82) is 0 Å². The predicted octanol–water partition coefficient (Wildman–Crippen LogP) is 2.37. The largest absolute Gasteiger partial charge is 0.378 e. The lowest BCUT2D eigenvalue weighted by Crippen LogP contribution is -2.29. The second kappa shape index (κ2) is 7.25. The van der Waals surface area contributed by atoms with E-state index in [9.17, 15) is 4.79 Å². The maximum Gasteiger partial charge on any atom is 0.224 e. The van der Waals surface area contributed by atoms with Gasteiger partial charge in [0.05, 0.1) is 5.69 Å². The minimum Gasteiger partial charge on any atom is -0.378 e. The van der Waals surface area contributed by atoms with Crippen LogP contribution in [0, 0.1) is 13.8 Å². The molecule has 2 aromatic heterocycles. The topological polar surface area (TPSA) is 54.3 Å². The standard InChI is InChI=1S/C19H27N5O/c1-14-5-9-24(21-14)10-7-19(25)23-8-6-16(13-23)18-12-17(22(3)4)11-15(2)20-18/h5,9,11-12,16H,6-8,10,13H2,1-4H3/t16-/m0/s1. The van der Waals surface area contributed by atoms with Gasteiger partial charge in [-0.2, -0.15) is 5.10 Å². The molecular weight excluding hydrogens is 314 g/mol. The number of aryl methyl sites for hydroxylation is 3. The minimum atomic E-state index is 0.205. The van der Waals surface area contributed by atoms with Crippen molar-refractivity contribution in [3.63, 3.8) is 0 Å². The molecule has 0 aromatic carbocycles. The molecule has 0 radical (unpaired) electrons. The SMILES string of the molecule is Cc1cc(N(C)C)cc([C@H]2CCN(C(=O)CCn3ccc(C)n3)C2)n1. The summed E-state index contributed by atoms with van der Waals surface area (Å²) in [5, 5.41) is 4.34. The molecule has 1 amide bonds. The maximum atomic E-state index is 12.5. The number of hydrogen-bond donors (Lipinski definition) is 0. The quantitative estimate of drug-likeness (QED) is 0.838. The second-order valence-corrected chi connectivity index (χ2v) is 7.08. The fourth-order valence-corrected chi connectivity index (χ4v) is 3.33. The Hall–Kier alpha value is -2.37. The number of likely N-dealkylation sites (tertiary alicyclic amines) is 1. The summed E-state index contributed by atoms with van der Waals surface area (Å²) in [5.74, 6) is 0.533. The highest BCUT2D eigenvalue weighted by atomic mass is 16.2. The number of nitrogens with zero attached hydrogens (tertiary/aromatic N) is 5. The number of amides is 1. The molecule has 0 N–H and O–H groups in total. The third kappa shape index (κ3) is 4.18. The van der Waals surface area contributed by atoms with Gasteiger partial charge in [0.1, 0.15) is 0 Å². The molecule has 134 valence electrons. The molecule has 1 aliphatic heterocycles. The van der Waals surface area contributed by atoms with Crippen molar-refractivity contribution in [3.05, 3.63) is 41.5 Å². The zero-order chi connectivity index (χ0) is 18.0. The third-order valence-electron chi connectivity index (χ3n) is 4.76. The zero-order valence-corrected chi connectivity index (χ0v) is 15.6. The number of carbonyl (C=O) groups is 1. The van der Waals surface area contributed by atoms with Gasteiger partial charge in [-0.15, -0.1) is 0 Å². The molecule has 3 heterocycles. The first-order valence-corrected chi connectivity index (χ1v) is 8.86. The summed E-state index contributed by atoms with van der Waals surface area (Å²) in [7, 11) is 4.08. The fraction of sp³-hybridized carbons (Fsp3) is 0.526. The van der Waals surface area contributed by atoms with Gasteiger partial charge in [0.15, 0.2) is 0 Å². The van der Waals surface area contributed by atoms with Crippen molar-refractivity contribution in [2.45, 2.75) is 39.2 Å². The van der Waals surface area contributed by atoms with E-state index >= 15 is 0 Å². The molecule has 1 fully saturated rings. The Labute approximate surface area is 149 Å². The van der Waals surface area contributed by atoms with Gasteiger partial charge in [-0.1, -0.05) is 0 Å². The molecule has 0 aliphatic carbocycles. The van der Waals surface area contributed by atoms with Crippen molar-refractivity contribution >= 4 is 11.6 Å². The van der Waals surface area contributed by atoms with Crippen LogP contribution in [0.2, 0.25) is 0 Å². The smallest absolute Gasteiger partial charge is 0.224 e. The molecule has 1 aliphatic rings. The van der Waals surface area contributed by atoms with Gasteiger partial charge in [0.25, 0.3) is 0 Å². The summed E-state index contributed by atoms with van der Waals surface area (Å²) in [5.41, 5.74) is 4.28. The third-order valence-corrected chi connectivity index (χ3v) is 4.76. The van der Waals surface area contributed by atoms with Crippen LogP contribution >= 0.6 is 0 Å². The monoisotopic (exact) mass is 341 g/mol. The van der Waals surface area contributed by atoms with E-state index in [2.05, 4.69) is 22.1 Å². The van der Waals surface area contributed by atoms with Crippen molar-refractivity contribution in [3.8, 4) is 0 Å². The predicted molar refractivity (Wildman–Crippen MR) is 98.8 cm³/mol. The molecule has 0 spiro atoms. The normalized spacial score (nSPS) is 17.1. The molecule has 0 saturated carbocycles. The number of pyridine rings is 1. The van der Waals surface area contributed by atoms with Gasteiger partial charge in [-0.05, 0) is 38.5 Å². The van der Waals surface area contributed by atoms with Gasteiger partial charge in [-0.3, -0.25) is 14.5 Å². The van der Waals surface area contributed by atoms with Gasteiger partial charge in [-0.25, -0.2) is 0 Å². The van der Waals surface area contributed by atoms with Gasteiger partial charge < -0.3 is 9.80 Å². The molecular formula is C19H27N5O. The lowest BCUT2D eigenvalue weighted by atomic mass is 10.0. The van der Waals surface area contributed by atoms with E-state index in [0.29, 0.717) is 18.9 Å². The van der Waals surface area contributed by atoms with E-state index in [-0.39, 0.29) is 5.91 Å². The maximum absolute atomic E-state index is 12.5. The molecule has 0 unspecified atom stereocenters. The molecule has 25 heavy (non-hydrogen) atoms. The zero-order valence-electron chi connectivity index (χ0n) is 15.6. The van der Waals surface area contributed by atoms with Crippen LogP contribution in [0.25, 0.3) is 0 Å². The summed E-state index contributed by atoms with van der Waals surface area (Å²) >= 11 is 0. The lowest BCUT2D eigenvalue weighted by Gasteiger charge is -2.18. The number of rotatable bonds is 5. The van der Waals surface area contributed by atoms with Crippen LogP contribution in [0.1, 0.15) is 35.8 Å². The molecule has 6 heteroatoms. The number of anilines is 1. The number of carbonyl (C=O) groups excluding carboxylic acids is 1. The summed E-state index contributed by atoms with van der Waals surface area (Å²) in [6.07, 6.45) is 3.41. The molecule has 1 atom stereocenters. The molecule has 1 saturated heterocycles.